The molecule has 0 aromatic heterocycles. The Morgan fingerprint density at radius 2 is 2.00 bits per heavy atom. The monoisotopic (exact) mass is 486 g/mol. The largest absolute Gasteiger partial charge is 0.486 e. The summed E-state index contributed by atoms with van der Waals surface area (Å²) in [6.45, 7) is 4.94. The first-order chi connectivity index (χ1) is 17.4. The molecule has 2 aliphatic rings. The summed E-state index contributed by atoms with van der Waals surface area (Å²) in [5.41, 5.74) is 5.11. The van der Waals surface area contributed by atoms with Gasteiger partial charge in [-0.1, -0.05) is 48.6 Å². The molecule has 1 aliphatic carbocycles. The lowest BCUT2D eigenvalue weighted by Gasteiger charge is -2.37. The molecular weight excluding hydrogens is 455 g/mol. The number of carbonyl (C=O) groups is 1. The summed E-state index contributed by atoms with van der Waals surface area (Å²) in [4.78, 5) is 13.5. The van der Waals surface area contributed by atoms with Crippen LogP contribution in [0.5, 0.6) is 5.75 Å². The summed E-state index contributed by atoms with van der Waals surface area (Å²) >= 11 is 0. The van der Waals surface area contributed by atoms with Crippen LogP contribution in [0.4, 0.5) is 15.8 Å². The number of anilines is 2. The van der Waals surface area contributed by atoms with E-state index in [0.717, 1.165) is 31.5 Å². The van der Waals surface area contributed by atoms with Crippen LogP contribution < -0.4 is 15.0 Å². The number of carboxylic acid groups (broad SMARTS) is 1. The van der Waals surface area contributed by atoms with Gasteiger partial charge in [0, 0.05) is 6.04 Å². The minimum atomic E-state index is -1.26. The van der Waals surface area contributed by atoms with Crippen LogP contribution in [0.15, 0.2) is 60.7 Å². The zero-order valence-electron chi connectivity index (χ0n) is 20.6. The second-order valence-corrected chi connectivity index (χ2v) is 9.54. The fourth-order valence-corrected chi connectivity index (χ4v) is 5.25. The van der Waals surface area contributed by atoms with Crippen LogP contribution >= 0.6 is 0 Å². The molecule has 0 bridgehead atoms. The van der Waals surface area contributed by atoms with Crippen molar-refractivity contribution in [1.29, 1.82) is 0 Å². The number of aromatic carboxylic acids is 1. The molecule has 2 atom stereocenters. The van der Waals surface area contributed by atoms with Gasteiger partial charge in [0.25, 0.3) is 0 Å². The van der Waals surface area contributed by atoms with Gasteiger partial charge in [-0.15, -0.1) is 0 Å². The highest BCUT2D eigenvalue weighted by atomic mass is 19.1. The predicted molar refractivity (Wildman–Crippen MR) is 141 cm³/mol. The van der Waals surface area contributed by atoms with E-state index in [9.17, 15) is 9.90 Å². The molecule has 1 aliphatic heterocycles. The highest BCUT2D eigenvalue weighted by Crippen LogP contribution is 2.40. The van der Waals surface area contributed by atoms with Crippen molar-refractivity contribution in [3.8, 4) is 5.75 Å². The molecule has 1 heterocycles. The van der Waals surface area contributed by atoms with Gasteiger partial charge >= 0.3 is 5.97 Å². The highest BCUT2D eigenvalue weighted by molar-refractivity contribution is 5.91. The van der Waals surface area contributed by atoms with E-state index in [2.05, 4.69) is 42.6 Å². The average molecular weight is 487 g/mol. The highest BCUT2D eigenvalue weighted by Gasteiger charge is 2.30. The first-order valence-electron chi connectivity index (χ1n) is 12.5. The summed E-state index contributed by atoms with van der Waals surface area (Å²) in [6.07, 6.45) is 7.17. The third-order valence-electron chi connectivity index (χ3n) is 7.15. The quantitative estimate of drug-likeness (QED) is 0.403. The SMILES string of the molecule is Cc1ccc(N2CC(CCNC(C)c3cccc4c3C=CCC4)Oc3ccccc32)c(F)c1C(=O)O. The molecule has 3 aromatic rings. The van der Waals surface area contributed by atoms with E-state index < -0.39 is 11.8 Å². The maximum absolute atomic E-state index is 15.4. The molecule has 2 unspecified atom stereocenters. The van der Waals surface area contributed by atoms with Gasteiger partial charge in [-0.3, -0.25) is 0 Å². The maximum atomic E-state index is 15.4. The number of carboxylic acids is 1. The van der Waals surface area contributed by atoms with Crippen molar-refractivity contribution in [2.75, 3.05) is 18.0 Å². The standard InChI is InChI=1S/C30H31FN2O3/c1-19-14-15-26(29(31)28(19)30(34)35)33-18-22(36-27-13-6-5-12-25(27)33)16-17-32-20(2)23-11-7-9-21-8-3-4-10-24(21)23/h4-7,9-15,20,22,32H,3,8,16-18H2,1-2H3,(H,34,35). The smallest absolute Gasteiger partial charge is 0.339 e. The molecule has 0 fully saturated rings. The number of allylic oxidation sites excluding steroid dienone is 1. The Morgan fingerprint density at radius 3 is 2.83 bits per heavy atom. The fourth-order valence-electron chi connectivity index (χ4n) is 5.25. The summed E-state index contributed by atoms with van der Waals surface area (Å²) in [5, 5.41) is 13.2. The van der Waals surface area contributed by atoms with Crippen molar-refractivity contribution >= 4 is 23.4 Å². The van der Waals surface area contributed by atoms with E-state index in [-0.39, 0.29) is 23.4 Å². The predicted octanol–water partition coefficient (Wildman–Crippen LogP) is 6.43. The van der Waals surface area contributed by atoms with Gasteiger partial charge in [0.2, 0.25) is 0 Å². The number of halogens is 1. The van der Waals surface area contributed by atoms with Gasteiger partial charge in [0.1, 0.15) is 17.4 Å². The molecule has 0 radical (unpaired) electrons. The molecule has 3 aromatic carbocycles. The summed E-state index contributed by atoms with van der Waals surface area (Å²) in [5.74, 6) is -1.31. The average Bonchev–Trinajstić information content (AvgIpc) is 2.88. The van der Waals surface area contributed by atoms with Crippen molar-refractivity contribution in [1.82, 2.24) is 5.32 Å². The Bertz CT molecular complexity index is 1320. The van der Waals surface area contributed by atoms with E-state index in [1.807, 2.05) is 29.2 Å². The lowest BCUT2D eigenvalue weighted by molar-refractivity contribution is 0.0691. The minimum Gasteiger partial charge on any atom is -0.486 e. The van der Waals surface area contributed by atoms with Crippen molar-refractivity contribution in [3.05, 3.63) is 94.3 Å². The van der Waals surface area contributed by atoms with Crippen LogP contribution in [-0.4, -0.2) is 30.3 Å². The van der Waals surface area contributed by atoms with Gasteiger partial charge in [-0.2, -0.15) is 0 Å². The van der Waals surface area contributed by atoms with Crippen molar-refractivity contribution in [2.24, 2.45) is 0 Å². The topological polar surface area (TPSA) is 61.8 Å². The Balaban J connectivity index is 1.33. The van der Waals surface area contributed by atoms with Crippen molar-refractivity contribution in [2.45, 2.75) is 45.3 Å². The summed E-state index contributed by atoms with van der Waals surface area (Å²) in [7, 11) is 0. The molecule has 186 valence electrons. The van der Waals surface area contributed by atoms with Gasteiger partial charge in [-0.25, -0.2) is 9.18 Å². The van der Waals surface area contributed by atoms with Crippen LogP contribution in [0.25, 0.3) is 6.08 Å². The molecule has 0 amide bonds. The second kappa shape index (κ2) is 10.2. The third-order valence-corrected chi connectivity index (χ3v) is 7.15. The normalized spacial score (nSPS) is 17.2. The number of nitrogens with zero attached hydrogens (tertiary/aromatic N) is 1. The number of aryl methyl sites for hydroxylation is 2. The minimum absolute atomic E-state index is 0.182. The number of nitrogens with one attached hydrogen (secondary N) is 1. The number of benzene rings is 3. The molecule has 36 heavy (non-hydrogen) atoms. The molecule has 0 saturated carbocycles. The number of rotatable bonds is 7. The Hall–Kier alpha value is -3.64. The van der Waals surface area contributed by atoms with E-state index in [1.54, 1.807) is 19.1 Å². The second-order valence-electron chi connectivity index (χ2n) is 9.54. The molecule has 0 saturated heterocycles. The maximum Gasteiger partial charge on any atom is 0.339 e. The zero-order chi connectivity index (χ0) is 25.2. The van der Waals surface area contributed by atoms with Gasteiger partial charge < -0.3 is 20.1 Å². The molecule has 6 heteroatoms. The Labute approximate surface area is 211 Å². The van der Waals surface area contributed by atoms with Gasteiger partial charge in [0.15, 0.2) is 5.82 Å². The first-order valence-corrected chi connectivity index (χ1v) is 12.5. The van der Waals surface area contributed by atoms with Crippen LogP contribution in [0, 0.1) is 12.7 Å². The number of hydrogen-bond donors (Lipinski definition) is 2. The third kappa shape index (κ3) is 4.61. The first kappa shape index (κ1) is 24.1. The van der Waals surface area contributed by atoms with E-state index in [1.165, 1.54) is 16.7 Å². The van der Waals surface area contributed by atoms with E-state index in [0.29, 0.717) is 17.9 Å². The van der Waals surface area contributed by atoms with Crippen LogP contribution in [0.3, 0.4) is 0 Å². The van der Waals surface area contributed by atoms with Crippen LogP contribution in [0.1, 0.15) is 58.4 Å². The van der Waals surface area contributed by atoms with Crippen molar-refractivity contribution in [3.63, 3.8) is 0 Å². The summed E-state index contributed by atoms with van der Waals surface area (Å²) < 4.78 is 21.7. The lowest BCUT2D eigenvalue weighted by atomic mass is 9.90. The molecule has 5 nitrogen and oxygen atoms in total. The number of fused-ring (bicyclic) bond motifs is 2. The Kier molecular flexibility index (Phi) is 6.79. The molecular formula is C30H31FN2O3. The number of para-hydroxylation sites is 2. The van der Waals surface area contributed by atoms with Crippen molar-refractivity contribution < 1.29 is 19.0 Å². The molecule has 5 rings (SSSR count). The molecule has 2 N–H and O–H groups in total. The van der Waals surface area contributed by atoms with E-state index in [4.69, 9.17) is 4.74 Å². The van der Waals surface area contributed by atoms with Crippen LogP contribution in [0.2, 0.25) is 0 Å². The fraction of sp³-hybridized carbons (Fsp3) is 0.300. The van der Waals surface area contributed by atoms with Crippen LogP contribution in [-0.2, 0) is 6.42 Å². The zero-order valence-corrected chi connectivity index (χ0v) is 20.6. The molecule has 0 spiro atoms. The number of hydrogen-bond acceptors (Lipinski definition) is 4. The van der Waals surface area contributed by atoms with Gasteiger partial charge in [-0.05, 0) is 80.1 Å². The summed E-state index contributed by atoms with van der Waals surface area (Å²) in [6, 6.07) is 17.5. The number of ether oxygens (including phenoxy) is 1. The van der Waals surface area contributed by atoms with Gasteiger partial charge in [0.05, 0.1) is 17.9 Å². The Morgan fingerprint density at radius 1 is 1.17 bits per heavy atom. The lowest BCUT2D eigenvalue weighted by Crippen LogP contribution is -2.39. The van der Waals surface area contributed by atoms with E-state index >= 15 is 4.39 Å².